The van der Waals surface area contributed by atoms with E-state index in [4.69, 9.17) is 0 Å². The molecule has 41 heavy (non-hydrogen) atoms. The minimum atomic E-state index is -0.823. The standard InChI is InChI=1S/C39H24F2/c1-39(2)32-16-15-21-9-3-4-10-22(21)36(32)31-17-29-27(18-33(31)39)28-19-34(40)35(41)20-30(28)38-26-14-8-6-12-24(26)23-11-5-7-13-25(23)37(29)38/h3-20H,1-2H3. The average molecular weight is 531 g/mol. The first kappa shape index (κ1) is 22.9. The molecule has 0 N–H and O–H groups in total. The topological polar surface area (TPSA) is 0 Å². The summed E-state index contributed by atoms with van der Waals surface area (Å²) in [5, 5.41) is 12.4. The van der Waals surface area contributed by atoms with Crippen LogP contribution in [0.5, 0.6) is 0 Å². The van der Waals surface area contributed by atoms with Crippen LogP contribution in [0.15, 0.2) is 109 Å². The van der Waals surface area contributed by atoms with Crippen molar-refractivity contribution in [2.24, 2.45) is 0 Å². The van der Waals surface area contributed by atoms with Gasteiger partial charge in [0.25, 0.3) is 0 Å². The quantitative estimate of drug-likeness (QED) is 0.171. The summed E-state index contributed by atoms with van der Waals surface area (Å²) in [6.45, 7) is 4.54. The molecule has 1 aliphatic carbocycles. The van der Waals surface area contributed by atoms with Crippen molar-refractivity contribution in [2.45, 2.75) is 19.3 Å². The molecule has 8 aromatic carbocycles. The molecule has 0 saturated heterocycles. The fraction of sp³-hybridized carbons (Fsp3) is 0.0769. The highest BCUT2D eigenvalue weighted by atomic mass is 19.2. The summed E-state index contributed by atoms with van der Waals surface area (Å²) in [5.41, 5.74) is 4.76. The maximum atomic E-state index is 15.0. The molecular weight excluding hydrogens is 506 g/mol. The molecule has 0 heterocycles. The van der Waals surface area contributed by atoms with Crippen LogP contribution in [-0.2, 0) is 5.41 Å². The lowest BCUT2D eigenvalue weighted by Crippen LogP contribution is -2.14. The van der Waals surface area contributed by atoms with Crippen molar-refractivity contribution in [3.63, 3.8) is 0 Å². The van der Waals surface area contributed by atoms with E-state index in [1.807, 2.05) is 12.1 Å². The third-order valence-electron chi connectivity index (χ3n) is 9.53. The van der Waals surface area contributed by atoms with Crippen LogP contribution in [0.3, 0.4) is 0 Å². The first-order valence-electron chi connectivity index (χ1n) is 14.1. The van der Waals surface area contributed by atoms with Crippen molar-refractivity contribution in [2.75, 3.05) is 0 Å². The highest BCUT2D eigenvalue weighted by Gasteiger charge is 2.37. The number of hydrogen-bond acceptors (Lipinski definition) is 0. The molecule has 0 aliphatic heterocycles. The Morgan fingerprint density at radius 3 is 1.61 bits per heavy atom. The van der Waals surface area contributed by atoms with E-state index >= 15 is 0 Å². The molecular formula is C39H24F2. The maximum Gasteiger partial charge on any atom is 0.159 e. The van der Waals surface area contributed by atoms with Crippen LogP contribution >= 0.6 is 0 Å². The predicted molar refractivity (Wildman–Crippen MR) is 169 cm³/mol. The lowest BCUT2D eigenvalue weighted by atomic mass is 9.80. The molecule has 0 aromatic heterocycles. The van der Waals surface area contributed by atoms with Crippen LogP contribution in [0.2, 0.25) is 0 Å². The lowest BCUT2D eigenvalue weighted by Gasteiger charge is -2.23. The third-order valence-corrected chi connectivity index (χ3v) is 9.53. The summed E-state index contributed by atoms with van der Waals surface area (Å²) in [5.74, 6) is -1.65. The second kappa shape index (κ2) is 7.67. The second-order valence-electron chi connectivity index (χ2n) is 11.9. The maximum absolute atomic E-state index is 15.0. The van der Waals surface area contributed by atoms with Crippen LogP contribution < -0.4 is 0 Å². The van der Waals surface area contributed by atoms with E-state index in [2.05, 4.69) is 98.8 Å². The molecule has 194 valence electrons. The van der Waals surface area contributed by atoms with Gasteiger partial charge in [-0.25, -0.2) is 8.78 Å². The van der Waals surface area contributed by atoms with Gasteiger partial charge in [-0.05, 0) is 111 Å². The van der Waals surface area contributed by atoms with Gasteiger partial charge >= 0.3 is 0 Å². The first-order valence-corrected chi connectivity index (χ1v) is 14.1. The molecule has 0 fully saturated rings. The zero-order valence-electron chi connectivity index (χ0n) is 22.6. The predicted octanol–water partition coefficient (Wildman–Crippen LogP) is 11.2. The molecule has 0 atom stereocenters. The van der Waals surface area contributed by atoms with E-state index in [0.29, 0.717) is 0 Å². The first-order chi connectivity index (χ1) is 19.9. The van der Waals surface area contributed by atoms with E-state index < -0.39 is 11.6 Å². The van der Waals surface area contributed by atoms with Crippen LogP contribution in [-0.4, -0.2) is 0 Å². The van der Waals surface area contributed by atoms with E-state index in [1.54, 1.807) is 0 Å². The molecule has 0 radical (unpaired) electrons. The molecule has 9 rings (SSSR count). The van der Waals surface area contributed by atoms with Gasteiger partial charge in [-0.3, -0.25) is 0 Å². The van der Waals surface area contributed by atoms with E-state index in [9.17, 15) is 8.78 Å². The second-order valence-corrected chi connectivity index (χ2v) is 11.9. The van der Waals surface area contributed by atoms with E-state index in [-0.39, 0.29) is 5.41 Å². The summed E-state index contributed by atoms with van der Waals surface area (Å²) in [4.78, 5) is 0. The van der Waals surface area contributed by atoms with Crippen molar-refractivity contribution < 1.29 is 8.78 Å². The Kier molecular flexibility index (Phi) is 4.29. The van der Waals surface area contributed by atoms with Gasteiger partial charge in [-0.2, -0.15) is 0 Å². The van der Waals surface area contributed by atoms with E-state index in [1.165, 1.54) is 45.2 Å². The van der Waals surface area contributed by atoms with Gasteiger partial charge in [0.15, 0.2) is 11.6 Å². The van der Waals surface area contributed by atoms with Gasteiger partial charge in [0.1, 0.15) is 0 Å². The minimum Gasteiger partial charge on any atom is -0.204 e. The van der Waals surface area contributed by atoms with Crippen LogP contribution in [0.25, 0.3) is 75.8 Å². The summed E-state index contributed by atoms with van der Waals surface area (Å²) in [6.07, 6.45) is 0. The Morgan fingerprint density at radius 1 is 0.439 bits per heavy atom. The average Bonchev–Trinajstić information content (AvgIpc) is 3.22. The highest BCUT2D eigenvalue weighted by Crippen LogP contribution is 2.54. The van der Waals surface area contributed by atoms with Crippen molar-refractivity contribution in [1.29, 1.82) is 0 Å². The Morgan fingerprint density at radius 2 is 0.951 bits per heavy atom. The van der Waals surface area contributed by atoms with Crippen molar-refractivity contribution in [1.82, 2.24) is 0 Å². The van der Waals surface area contributed by atoms with Gasteiger partial charge in [-0.1, -0.05) is 98.8 Å². The summed E-state index contributed by atoms with van der Waals surface area (Å²) in [7, 11) is 0. The molecule has 0 unspecified atom stereocenters. The molecule has 0 nitrogen and oxygen atoms in total. The van der Waals surface area contributed by atoms with Gasteiger partial charge in [-0.15, -0.1) is 0 Å². The molecule has 1 aliphatic rings. The van der Waals surface area contributed by atoms with Gasteiger partial charge in [0.2, 0.25) is 0 Å². The van der Waals surface area contributed by atoms with Gasteiger partial charge in [0.05, 0.1) is 0 Å². The Labute approximate surface area is 235 Å². The zero-order chi connectivity index (χ0) is 27.6. The third kappa shape index (κ3) is 2.82. The number of halogens is 2. The largest absolute Gasteiger partial charge is 0.204 e. The van der Waals surface area contributed by atoms with E-state index in [0.717, 1.165) is 53.9 Å². The molecule has 2 heteroatoms. The molecule has 8 aromatic rings. The van der Waals surface area contributed by atoms with Crippen molar-refractivity contribution >= 4 is 64.6 Å². The summed E-state index contributed by atoms with van der Waals surface area (Å²) >= 11 is 0. The molecule has 0 amide bonds. The number of fused-ring (bicyclic) bond motifs is 16. The Hall–Kier alpha value is -4.82. The smallest absolute Gasteiger partial charge is 0.159 e. The molecule has 0 bridgehead atoms. The Balaban J connectivity index is 1.61. The fourth-order valence-electron chi connectivity index (χ4n) is 7.66. The van der Waals surface area contributed by atoms with Crippen LogP contribution in [0, 0.1) is 11.6 Å². The van der Waals surface area contributed by atoms with Crippen LogP contribution in [0.4, 0.5) is 8.78 Å². The zero-order valence-corrected chi connectivity index (χ0v) is 22.6. The molecule has 0 saturated carbocycles. The monoisotopic (exact) mass is 530 g/mol. The highest BCUT2D eigenvalue weighted by molar-refractivity contribution is 6.39. The number of benzene rings is 8. The van der Waals surface area contributed by atoms with Crippen molar-refractivity contribution in [3.05, 3.63) is 132 Å². The van der Waals surface area contributed by atoms with Crippen LogP contribution in [0.1, 0.15) is 25.0 Å². The Bertz CT molecular complexity index is 2460. The number of hydrogen-bond donors (Lipinski definition) is 0. The summed E-state index contributed by atoms with van der Waals surface area (Å²) < 4.78 is 30.0. The molecule has 0 spiro atoms. The van der Waals surface area contributed by atoms with Gasteiger partial charge < -0.3 is 0 Å². The summed E-state index contributed by atoms with van der Waals surface area (Å²) in [6, 6.07) is 37.2. The number of rotatable bonds is 0. The fourth-order valence-corrected chi connectivity index (χ4v) is 7.66. The van der Waals surface area contributed by atoms with Gasteiger partial charge in [0, 0.05) is 5.41 Å². The normalized spacial score (nSPS) is 14.0. The lowest BCUT2D eigenvalue weighted by molar-refractivity contribution is 0.511. The SMILES string of the molecule is CC1(C)c2cc3c4cc(F)c(F)cc4c4c5ccccc5c5ccccc5c4c3cc2-c2c1ccc1ccccc21. The minimum absolute atomic E-state index is 0.242. The van der Waals surface area contributed by atoms with Crippen molar-refractivity contribution in [3.8, 4) is 11.1 Å².